The molecule has 1 N–H and O–H groups in total. The van der Waals surface area contributed by atoms with Gasteiger partial charge in [-0.15, -0.1) is 0 Å². The molecule has 0 aliphatic carbocycles. The Morgan fingerprint density at radius 1 is 1.09 bits per heavy atom. The zero-order valence-corrected chi connectivity index (χ0v) is 12.9. The molecule has 2 aromatic rings. The molecule has 0 bridgehead atoms. The van der Waals surface area contributed by atoms with Crippen LogP contribution in [-0.2, 0) is 6.54 Å². The van der Waals surface area contributed by atoms with E-state index in [0.29, 0.717) is 5.75 Å². The van der Waals surface area contributed by atoms with Crippen molar-refractivity contribution in [1.82, 2.24) is 4.90 Å². The standard InChI is InChI=1S/C17H18F3NO2/c1-21(9-11-7-14(18)17(20)15(19)8-11)16(10-22)12-3-5-13(23-2)6-4-12/h3-8,16,22H,9-10H2,1-2H3. The van der Waals surface area contributed by atoms with Gasteiger partial charge in [0.1, 0.15) is 5.75 Å². The van der Waals surface area contributed by atoms with Gasteiger partial charge in [-0.1, -0.05) is 12.1 Å². The fourth-order valence-electron chi connectivity index (χ4n) is 2.42. The molecule has 3 nitrogen and oxygen atoms in total. The van der Waals surface area contributed by atoms with Crippen molar-refractivity contribution < 1.29 is 23.0 Å². The zero-order valence-electron chi connectivity index (χ0n) is 12.9. The third-order valence-electron chi connectivity index (χ3n) is 3.68. The highest BCUT2D eigenvalue weighted by Crippen LogP contribution is 2.24. The first-order valence-corrected chi connectivity index (χ1v) is 7.04. The minimum absolute atomic E-state index is 0.158. The summed E-state index contributed by atoms with van der Waals surface area (Å²) >= 11 is 0. The van der Waals surface area contributed by atoms with Crippen molar-refractivity contribution in [3.8, 4) is 5.75 Å². The van der Waals surface area contributed by atoms with Crippen LogP contribution in [0.25, 0.3) is 0 Å². The molecule has 0 heterocycles. The summed E-state index contributed by atoms with van der Waals surface area (Å²) in [5.74, 6) is -3.24. The topological polar surface area (TPSA) is 32.7 Å². The van der Waals surface area contributed by atoms with E-state index in [1.807, 2.05) is 12.1 Å². The van der Waals surface area contributed by atoms with Crippen molar-refractivity contribution in [3.05, 3.63) is 65.0 Å². The Bertz CT molecular complexity index is 638. The van der Waals surface area contributed by atoms with E-state index >= 15 is 0 Å². The number of likely N-dealkylation sites (N-methyl/N-ethyl adjacent to an activating group) is 1. The van der Waals surface area contributed by atoms with E-state index in [1.165, 1.54) is 0 Å². The summed E-state index contributed by atoms with van der Waals surface area (Å²) in [6, 6.07) is 8.70. The molecule has 1 unspecified atom stereocenters. The van der Waals surface area contributed by atoms with Crippen LogP contribution in [0, 0.1) is 17.5 Å². The zero-order chi connectivity index (χ0) is 17.0. The average molecular weight is 325 g/mol. The van der Waals surface area contributed by atoms with Crippen molar-refractivity contribution >= 4 is 0 Å². The van der Waals surface area contributed by atoms with Gasteiger partial charge in [-0.3, -0.25) is 4.90 Å². The Morgan fingerprint density at radius 2 is 1.65 bits per heavy atom. The van der Waals surface area contributed by atoms with Gasteiger partial charge in [0.05, 0.1) is 19.8 Å². The number of halogens is 3. The lowest BCUT2D eigenvalue weighted by Crippen LogP contribution is -2.27. The van der Waals surface area contributed by atoms with Gasteiger partial charge in [-0.2, -0.15) is 0 Å². The highest BCUT2D eigenvalue weighted by Gasteiger charge is 2.18. The molecular weight excluding hydrogens is 307 g/mol. The normalized spacial score (nSPS) is 12.5. The molecule has 2 aromatic carbocycles. The Morgan fingerprint density at radius 3 is 2.13 bits per heavy atom. The predicted octanol–water partition coefficient (Wildman–Crippen LogP) is 3.28. The smallest absolute Gasteiger partial charge is 0.194 e. The molecule has 0 amide bonds. The molecule has 0 fully saturated rings. The summed E-state index contributed by atoms with van der Waals surface area (Å²) in [5, 5.41) is 9.63. The van der Waals surface area contributed by atoms with Crippen molar-refractivity contribution in [1.29, 1.82) is 0 Å². The molecule has 23 heavy (non-hydrogen) atoms. The molecule has 0 aliphatic heterocycles. The fraction of sp³-hybridized carbons (Fsp3) is 0.294. The maximum absolute atomic E-state index is 13.3. The lowest BCUT2D eigenvalue weighted by Gasteiger charge is -2.27. The highest BCUT2D eigenvalue weighted by atomic mass is 19.2. The van der Waals surface area contributed by atoms with Gasteiger partial charge in [-0.05, 0) is 42.4 Å². The van der Waals surface area contributed by atoms with Crippen LogP contribution >= 0.6 is 0 Å². The van der Waals surface area contributed by atoms with Crippen LogP contribution in [0.4, 0.5) is 13.2 Å². The highest BCUT2D eigenvalue weighted by molar-refractivity contribution is 5.29. The number of nitrogens with zero attached hydrogens (tertiary/aromatic N) is 1. The lowest BCUT2D eigenvalue weighted by molar-refractivity contribution is 0.142. The molecule has 1 atom stereocenters. The van der Waals surface area contributed by atoms with E-state index < -0.39 is 17.5 Å². The first kappa shape index (κ1) is 17.3. The number of hydrogen-bond donors (Lipinski definition) is 1. The Hall–Kier alpha value is -2.05. The maximum Gasteiger partial charge on any atom is 0.194 e. The molecule has 0 saturated carbocycles. The van der Waals surface area contributed by atoms with E-state index in [4.69, 9.17) is 4.74 Å². The number of aliphatic hydroxyl groups excluding tert-OH is 1. The summed E-state index contributed by atoms with van der Waals surface area (Å²) in [7, 11) is 3.27. The molecule has 0 radical (unpaired) electrons. The second kappa shape index (κ2) is 7.48. The molecule has 0 saturated heterocycles. The van der Waals surface area contributed by atoms with E-state index in [9.17, 15) is 18.3 Å². The van der Waals surface area contributed by atoms with Crippen LogP contribution < -0.4 is 4.74 Å². The van der Waals surface area contributed by atoms with Gasteiger partial charge in [0.15, 0.2) is 17.5 Å². The van der Waals surface area contributed by atoms with Gasteiger partial charge in [0, 0.05) is 6.54 Å². The SMILES string of the molecule is COc1ccc(C(CO)N(C)Cc2cc(F)c(F)c(F)c2)cc1. The minimum atomic E-state index is -1.48. The first-order valence-electron chi connectivity index (χ1n) is 7.04. The quantitative estimate of drug-likeness (QED) is 0.828. The van der Waals surface area contributed by atoms with Gasteiger partial charge in [-0.25, -0.2) is 13.2 Å². The van der Waals surface area contributed by atoms with Crippen LogP contribution in [0.5, 0.6) is 5.75 Å². The van der Waals surface area contributed by atoms with Crippen molar-refractivity contribution in [3.63, 3.8) is 0 Å². The Kier molecular flexibility index (Phi) is 5.63. The molecule has 2 rings (SSSR count). The van der Waals surface area contributed by atoms with Gasteiger partial charge in [0.25, 0.3) is 0 Å². The number of aliphatic hydroxyl groups is 1. The van der Waals surface area contributed by atoms with Crippen LogP contribution in [0.2, 0.25) is 0 Å². The van der Waals surface area contributed by atoms with Crippen LogP contribution in [-0.4, -0.2) is 30.8 Å². The number of benzene rings is 2. The van der Waals surface area contributed by atoms with E-state index in [-0.39, 0.29) is 24.8 Å². The average Bonchev–Trinajstić information content (AvgIpc) is 2.54. The van der Waals surface area contributed by atoms with Gasteiger partial charge in [0.2, 0.25) is 0 Å². The summed E-state index contributed by atoms with van der Waals surface area (Å²) in [6.07, 6.45) is 0. The first-order chi connectivity index (χ1) is 11.0. The lowest BCUT2D eigenvalue weighted by atomic mass is 10.1. The van der Waals surface area contributed by atoms with Crippen molar-refractivity contribution in [2.24, 2.45) is 0 Å². The van der Waals surface area contributed by atoms with Crippen LogP contribution in [0.1, 0.15) is 17.2 Å². The summed E-state index contributed by atoms with van der Waals surface area (Å²) in [5.41, 5.74) is 1.12. The third-order valence-corrected chi connectivity index (χ3v) is 3.68. The van der Waals surface area contributed by atoms with Gasteiger partial charge >= 0.3 is 0 Å². The fourth-order valence-corrected chi connectivity index (χ4v) is 2.42. The van der Waals surface area contributed by atoms with E-state index in [1.54, 1.807) is 31.2 Å². The van der Waals surface area contributed by atoms with Crippen molar-refractivity contribution in [2.75, 3.05) is 20.8 Å². The molecule has 6 heteroatoms. The monoisotopic (exact) mass is 325 g/mol. The van der Waals surface area contributed by atoms with Gasteiger partial charge < -0.3 is 9.84 Å². The van der Waals surface area contributed by atoms with E-state index in [0.717, 1.165) is 17.7 Å². The van der Waals surface area contributed by atoms with E-state index in [2.05, 4.69) is 0 Å². The van der Waals surface area contributed by atoms with Crippen molar-refractivity contribution in [2.45, 2.75) is 12.6 Å². The molecule has 0 aliphatic rings. The van der Waals surface area contributed by atoms with Crippen LogP contribution in [0.15, 0.2) is 36.4 Å². The molecular formula is C17H18F3NO2. The summed E-state index contributed by atoms with van der Waals surface area (Å²) < 4.78 is 44.6. The Balaban J connectivity index is 2.17. The van der Waals surface area contributed by atoms with Crippen LogP contribution in [0.3, 0.4) is 0 Å². The third kappa shape index (κ3) is 4.03. The minimum Gasteiger partial charge on any atom is -0.497 e. The Labute approximate surface area is 132 Å². The molecule has 0 aromatic heterocycles. The second-order valence-electron chi connectivity index (χ2n) is 5.26. The second-order valence-corrected chi connectivity index (χ2v) is 5.26. The molecule has 124 valence electrons. The molecule has 0 spiro atoms. The number of ether oxygens (including phenoxy) is 1. The summed E-state index contributed by atoms with van der Waals surface area (Å²) in [6.45, 7) is -0.0135. The maximum atomic E-state index is 13.3. The largest absolute Gasteiger partial charge is 0.497 e. The number of rotatable bonds is 6. The predicted molar refractivity (Wildman–Crippen MR) is 80.6 cm³/mol. The number of hydrogen-bond acceptors (Lipinski definition) is 3. The number of methoxy groups -OCH3 is 1. The summed E-state index contributed by atoms with van der Waals surface area (Å²) in [4.78, 5) is 1.73.